The molecule has 184 valence electrons. The van der Waals surface area contributed by atoms with Gasteiger partial charge in [0.05, 0.1) is 0 Å². The lowest BCUT2D eigenvalue weighted by atomic mass is 10.2. The van der Waals surface area contributed by atoms with Crippen LogP contribution >= 0.6 is 20.7 Å². The molecule has 0 aliphatic carbocycles. The van der Waals surface area contributed by atoms with Gasteiger partial charge in [0.15, 0.2) is 11.6 Å². The van der Waals surface area contributed by atoms with Gasteiger partial charge in [-0.1, -0.05) is 10.6 Å². The van der Waals surface area contributed by atoms with E-state index in [4.69, 9.17) is 21.1 Å². The zero-order valence-electron chi connectivity index (χ0n) is 18.8. The molecule has 0 aliphatic heterocycles. The third-order valence-electron chi connectivity index (χ3n) is 5.25. The summed E-state index contributed by atoms with van der Waals surface area (Å²) in [6.07, 6.45) is 0. The summed E-state index contributed by atoms with van der Waals surface area (Å²) >= 11 is 3.43. The fourth-order valence-corrected chi connectivity index (χ4v) is 4.11. The van der Waals surface area contributed by atoms with Crippen molar-refractivity contribution in [3.8, 4) is 17.5 Å². The summed E-state index contributed by atoms with van der Waals surface area (Å²) in [6.45, 7) is 2.31. The minimum absolute atomic E-state index is 0.0825. The van der Waals surface area contributed by atoms with Gasteiger partial charge in [0.2, 0.25) is 5.02 Å². The topological polar surface area (TPSA) is 82.1 Å². The van der Waals surface area contributed by atoms with E-state index in [1.807, 2.05) is 12.1 Å². The average molecular weight is 619 g/mol. The predicted molar refractivity (Wildman–Crippen MR) is 133 cm³/mol. The molecule has 4 rings (SSSR count). The van der Waals surface area contributed by atoms with Crippen molar-refractivity contribution >= 4 is 36.4 Å². The van der Waals surface area contributed by atoms with Gasteiger partial charge in [-0.15, -0.1) is 0 Å². The maximum atomic E-state index is 13.7. The van der Waals surface area contributed by atoms with Gasteiger partial charge in [-0.05, 0) is 36.8 Å². The first-order chi connectivity index (χ1) is 16.6. The van der Waals surface area contributed by atoms with Crippen LogP contribution in [-0.2, 0) is 20.1 Å². The summed E-state index contributed by atoms with van der Waals surface area (Å²) < 4.78 is 42.2. The van der Waals surface area contributed by atoms with Crippen LogP contribution in [0.4, 0.5) is 8.78 Å². The Morgan fingerprint density at radius 3 is 2.51 bits per heavy atom. The van der Waals surface area contributed by atoms with Crippen LogP contribution in [0.25, 0.3) is 11.2 Å². The molecule has 2 aromatic heterocycles. The van der Waals surface area contributed by atoms with Gasteiger partial charge >= 0.3 is 21.4 Å². The number of H-pyrrole nitrogens is 1. The van der Waals surface area contributed by atoms with Crippen molar-refractivity contribution in [2.45, 2.75) is 24.1 Å². The normalized spacial score (nSPS) is 11.7. The fourth-order valence-electron chi connectivity index (χ4n) is 3.57. The first kappa shape index (κ1) is 25.0. The molecular formula is C23H22ClF2IN4O4+2. The molecule has 2 aromatic carbocycles. The second kappa shape index (κ2) is 9.90. The fraction of sp³-hybridized carbons (Fsp3) is 0.217. The van der Waals surface area contributed by atoms with E-state index >= 15 is 0 Å². The van der Waals surface area contributed by atoms with Crippen molar-refractivity contribution in [3.63, 3.8) is 0 Å². The molecule has 0 aliphatic rings. The molecule has 0 unspecified atom stereocenters. The lowest BCUT2D eigenvalue weighted by Gasteiger charge is -2.13. The lowest BCUT2D eigenvalue weighted by Crippen LogP contribution is -2.44. The van der Waals surface area contributed by atoms with Crippen LogP contribution in [0.1, 0.15) is 12.5 Å². The van der Waals surface area contributed by atoms with Crippen LogP contribution in [0.3, 0.4) is 0 Å². The van der Waals surface area contributed by atoms with Crippen molar-refractivity contribution in [1.82, 2.24) is 14.1 Å². The van der Waals surface area contributed by atoms with Crippen molar-refractivity contribution in [3.05, 3.63) is 80.0 Å². The molecule has 4 aromatic rings. The van der Waals surface area contributed by atoms with Crippen LogP contribution in [0.5, 0.6) is 17.5 Å². The minimum atomic E-state index is -3.32. The quantitative estimate of drug-likeness (QED) is 0.187. The highest BCUT2D eigenvalue weighted by Crippen LogP contribution is 2.33. The summed E-state index contributed by atoms with van der Waals surface area (Å²) in [5, 5.41) is 0.670. The SMILES string of the molecule is C=IC(F)(F)Oc1cccc(Oc2[nH]c3c(c(=O)n(C)c(=O)n3CC)[n+]2Cc2ccc([ClH+])cc2)c1. The Bertz CT molecular complexity index is 1530. The zero-order chi connectivity index (χ0) is 25.3. The van der Waals surface area contributed by atoms with Crippen molar-refractivity contribution < 1.29 is 34.4 Å². The van der Waals surface area contributed by atoms with E-state index in [1.54, 1.807) is 29.7 Å². The third kappa shape index (κ3) is 5.15. The number of halogens is 4. The van der Waals surface area contributed by atoms with E-state index in [-0.39, 0.29) is 35.2 Å². The number of aromatic amines is 1. The number of hydrogen-bond donors (Lipinski definition) is 1. The highest BCUT2D eigenvalue weighted by molar-refractivity contribution is 14.2. The average Bonchev–Trinajstić information content (AvgIpc) is 3.16. The molecule has 0 fully saturated rings. The number of imidazole rings is 1. The Balaban J connectivity index is 1.86. The highest BCUT2D eigenvalue weighted by atomic mass is 127. The lowest BCUT2D eigenvalue weighted by molar-refractivity contribution is -0.667. The number of rotatable bonds is 8. The highest BCUT2D eigenvalue weighted by Gasteiger charge is 2.30. The Kier molecular flexibility index (Phi) is 7.08. The van der Waals surface area contributed by atoms with Gasteiger partial charge in [0.1, 0.15) is 18.0 Å². The molecule has 0 saturated heterocycles. The second-order valence-electron chi connectivity index (χ2n) is 7.51. The number of ether oxygens (including phenoxy) is 2. The summed E-state index contributed by atoms with van der Waals surface area (Å²) in [4.78, 5) is 28.8. The summed E-state index contributed by atoms with van der Waals surface area (Å²) in [6, 6.07) is 13.1. The van der Waals surface area contributed by atoms with Crippen LogP contribution in [-0.4, -0.2) is 22.7 Å². The van der Waals surface area contributed by atoms with Gasteiger partial charge < -0.3 is 9.47 Å². The zero-order valence-corrected chi connectivity index (χ0v) is 21.7. The number of nitrogens with one attached hydrogen (secondary N) is 1. The molecule has 8 nitrogen and oxygen atoms in total. The largest absolute Gasteiger partial charge is 0.462 e. The van der Waals surface area contributed by atoms with Crippen LogP contribution in [0.15, 0.2) is 58.1 Å². The van der Waals surface area contributed by atoms with Crippen molar-refractivity contribution in [1.29, 1.82) is 0 Å². The summed E-state index contributed by atoms with van der Waals surface area (Å²) in [7, 11) is 1.41. The molecular weight excluding hydrogens is 597 g/mol. The molecule has 0 atom stereocenters. The Morgan fingerprint density at radius 1 is 1.17 bits per heavy atom. The smallest absolute Gasteiger partial charge is 0.425 e. The monoisotopic (exact) mass is 618 g/mol. The number of aromatic nitrogens is 4. The number of aryl methyl sites for hydroxylation is 1. The first-order valence-corrected chi connectivity index (χ1v) is 13.4. The molecule has 0 radical (unpaired) electrons. The van der Waals surface area contributed by atoms with Crippen LogP contribution in [0, 0.1) is 11.6 Å². The van der Waals surface area contributed by atoms with E-state index in [0.717, 1.165) is 10.1 Å². The molecule has 12 heteroatoms. The van der Waals surface area contributed by atoms with E-state index in [0.29, 0.717) is 11.6 Å². The number of hydrogen-bond acceptors (Lipinski definition) is 4. The molecule has 1 N–H and O–H groups in total. The first-order valence-electron chi connectivity index (χ1n) is 10.4. The Morgan fingerprint density at radius 2 is 1.86 bits per heavy atom. The Labute approximate surface area is 213 Å². The number of fused-ring (bicyclic) bond motifs is 1. The Hall–Kier alpha value is -3.06. The minimum Gasteiger partial charge on any atom is -0.425 e. The van der Waals surface area contributed by atoms with Crippen molar-refractivity contribution in [2.24, 2.45) is 7.05 Å². The van der Waals surface area contributed by atoms with E-state index in [9.17, 15) is 18.4 Å². The maximum absolute atomic E-state index is 13.7. The van der Waals surface area contributed by atoms with E-state index in [2.05, 4.69) is 9.50 Å². The third-order valence-corrected chi connectivity index (χ3v) is 6.63. The summed E-state index contributed by atoms with van der Waals surface area (Å²) in [5.74, 6) is 0.116. The summed E-state index contributed by atoms with van der Waals surface area (Å²) in [5.41, 5.74) is 0.372. The van der Waals surface area contributed by atoms with Gasteiger partial charge in [-0.3, -0.25) is 13.9 Å². The van der Waals surface area contributed by atoms with Gasteiger partial charge in [0, 0.05) is 52.5 Å². The molecule has 0 bridgehead atoms. The number of nitrogens with zero attached hydrogens (tertiary/aromatic N) is 3. The molecule has 2 heterocycles. The molecule has 0 saturated carbocycles. The van der Waals surface area contributed by atoms with Gasteiger partial charge in [-0.2, -0.15) is 18.3 Å². The van der Waals surface area contributed by atoms with Crippen LogP contribution < -0.4 is 25.3 Å². The molecule has 0 amide bonds. The molecule has 0 spiro atoms. The van der Waals surface area contributed by atoms with Crippen molar-refractivity contribution in [2.75, 3.05) is 0 Å². The van der Waals surface area contributed by atoms with E-state index < -0.39 is 36.1 Å². The number of alkyl halides is 3. The maximum Gasteiger partial charge on any atom is 0.462 e. The number of benzene rings is 2. The molecule has 35 heavy (non-hydrogen) atoms. The second-order valence-corrected chi connectivity index (χ2v) is 10.00. The van der Waals surface area contributed by atoms with Gasteiger partial charge in [-0.25, -0.2) is 4.79 Å². The predicted octanol–water partition coefficient (Wildman–Crippen LogP) is 3.20. The van der Waals surface area contributed by atoms with Crippen LogP contribution in [0.2, 0.25) is 5.02 Å². The van der Waals surface area contributed by atoms with E-state index in [1.165, 1.54) is 29.8 Å². The van der Waals surface area contributed by atoms with Gasteiger partial charge in [0.25, 0.3) is 11.2 Å². The standard InChI is InChI=1S/C23H21ClF2IN4O4/c1-4-30-19-18(20(32)29(3)22(30)33)31(13-14-8-10-15(24)11-9-14)21(28-19)34-16-6-5-7-17(12-16)35-23(25,26)27-2/h5-12,24H,2,4,13H2,1,3H3/q+1/p+1.